The van der Waals surface area contributed by atoms with Crippen LogP contribution in [-0.4, -0.2) is 48.1 Å². The lowest BCUT2D eigenvalue weighted by Gasteiger charge is -2.19. The fraction of sp³-hybridized carbons (Fsp3) is 0.240. The van der Waals surface area contributed by atoms with Gasteiger partial charge in [-0.1, -0.05) is 48.5 Å². The van der Waals surface area contributed by atoms with E-state index in [0.29, 0.717) is 24.4 Å². The van der Waals surface area contributed by atoms with Crippen LogP contribution in [-0.2, 0) is 6.42 Å². The molecular weight excluding hydrogens is 406 g/mol. The SMILES string of the molecule is O=C(Nc1ccccc1)Nc1ccc(CC(CO)NCC(O)COc2ccccc2)cc1. The van der Waals surface area contributed by atoms with Gasteiger partial charge in [0.25, 0.3) is 0 Å². The Morgan fingerprint density at radius 3 is 2.06 bits per heavy atom. The molecule has 0 fully saturated rings. The summed E-state index contributed by atoms with van der Waals surface area (Å²) in [5.41, 5.74) is 2.39. The maximum atomic E-state index is 12.1. The average Bonchev–Trinajstić information content (AvgIpc) is 2.82. The number of nitrogens with one attached hydrogen (secondary N) is 3. The molecule has 3 aromatic rings. The highest BCUT2D eigenvalue weighted by molar-refractivity contribution is 5.99. The molecule has 0 saturated heterocycles. The van der Waals surface area contributed by atoms with Crippen LogP contribution in [0.3, 0.4) is 0 Å². The lowest BCUT2D eigenvalue weighted by atomic mass is 10.1. The molecule has 0 bridgehead atoms. The van der Waals surface area contributed by atoms with Crippen LogP contribution >= 0.6 is 0 Å². The van der Waals surface area contributed by atoms with Gasteiger partial charge in [-0.05, 0) is 48.4 Å². The molecular formula is C25H29N3O4. The summed E-state index contributed by atoms with van der Waals surface area (Å²) >= 11 is 0. The number of carbonyl (C=O) groups is 1. The predicted molar refractivity (Wildman–Crippen MR) is 126 cm³/mol. The molecule has 0 aliphatic carbocycles. The number of benzene rings is 3. The fourth-order valence-corrected chi connectivity index (χ4v) is 3.10. The van der Waals surface area contributed by atoms with E-state index in [9.17, 15) is 15.0 Å². The van der Waals surface area contributed by atoms with Crippen molar-refractivity contribution in [2.75, 3.05) is 30.4 Å². The van der Waals surface area contributed by atoms with Crippen LogP contribution in [0.25, 0.3) is 0 Å². The van der Waals surface area contributed by atoms with Gasteiger partial charge >= 0.3 is 6.03 Å². The Labute approximate surface area is 188 Å². The molecule has 2 amide bonds. The van der Waals surface area contributed by atoms with E-state index in [-0.39, 0.29) is 25.3 Å². The molecule has 2 atom stereocenters. The summed E-state index contributed by atoms with van der Waals surface area (Å²) in [6.07, 6.45) is -0.113. The molecule has 5 N–H and O–H groups in total. The molecule has 0 aliphatic rings. The standard InChI is InChI=1S/C25H29N3O4/c29-17-22(26-16-23(30)18-32-24-9-5-2-6-10-24)15-19-11-13-21(14-12-19)28-25(31)27-20-7-3-1-4-8-20/h1-14,22-23,26,29-30H,15-18H2,(H2,27,28,31). The summed E-state index contributed by atoms with van der Waals surface area (Å²) < 4.78 is 5.54. The zero-order valence-corrected chi connectivity index (χ0v) is 17.8. The van der Waals surface area contributed by atoms with Crippen molar-refractivity contribution in [2.45, 2.75) is 18.6 Å². The normalized spacial score (nSPS) is 12.6. The van der Waals surface area contributed by atoms with Gasteiger partial charge in [-0.3, -0.25) is 0 Å². The first-order valence-corrected chi connectivity index (χ1v) is 10.5. The van der Waals surface area contributed by atoms with Gasteiger partial charge in [0.05, 0.1) is 6.61 Å². The van der Waals surface area contributed by atoms with Crippen LogP contribution in [0.2, 0.25) is 0 Å². The smallest absolute Gasteiger partial charge is 0.323 e. The van der Waals surface area contributed by atoms with Gasteiger partial charge in [0, 0.05) is 24.0 Å². The summed E-state index contributed by atoms with van der Waals surface area (Å²) in [5.74, 6) is 0.705. The highest BCUT2D eigenvalue weighted by Crippen LogP contribution is 2.13. The molecule has 3 aromatic carbocycles. The minimum Gasteiger partial charge on any atom is -0.491 e. The van der Waals surface area contributed by atoms with Gasteiger partial charge in [0.1, 0.15) is 18.5 Å². The Balaban J connectivity index is 1.41. The predicted octanol–water partition coefficient (Wildman–Crippen LogP) is 3.26. The molecule has 3 rings (SSSR count). The summed E-state index contributed by atoms with van der Waals surface area (Å²) in [6.45, 7) is 0.406. The van der Waals surface area contributed by atoms with Crippen molar-refractivity contribution in [1.29, 1.82) is 0 Å². The van der Waals surface area contributed by atoms with Gasteiger partial charge in [-0.25, -0.2) is 4.79 Å². The molecule has 7 heteroatoms. The van der Waals surface area contributed by atoms with Gasteiger partial charge in [-0.15, -0.1) is 0 Å². The summed E-state index contributed by atoms with van der Waals surface area (Å²) in [7, 11) is 0. The molecule has 0 radical (unpaired) electrons. The van der Waals surface area contributed by atoms with Crippen LogP contribution in [0.5, 0.6) is 5.75 Å². The minimum absolute atomic E-state index is 0.0637. The second kappa shape index (κ2) is 12.5. The van der Waals surface area contributed by atoms with Crippen LogP contribution in [0, 0.1) is 0 Å². The van der Waals surface area contributed by atoms with Crippen molar-refractivity contribution in [2.24, 2.45) is 0 Å². The number of hydrogen-bond donors (Lipinski definition) is 5. The number of rotatable bonds is 11. The van der Waals surface area contributed by atoms with Crippen molar-refractivity contribution in [1.82, 2.24) is 5.32 Å². The van der Waals surface area contributed by atoms with Crippen LogP contribution in [0.4, 0.5) is 16.2 Å². The monoisotopic (exact) mass is 435 g/mol. The van der Waals surface area contributed by atoms with Gasteiger partial charge < -0.3 is 30.9 Å². The number of anilines is 2. The average molecular weight is 436 g/mol. The Hall–Kier alpha value is -3.39. The zero-order chi connectivity index (χ0) is 22.6. The number of aliphatic hydroxyl groups is 2. The van der Waals surface area contributed by atoms with Crippen molar-refractivity contribution < 1.29 is 19.7 Å². The molecule has 0 aliphatic heterocycles. The maximum Gasteiger partial charge on any atom is 0.323 e. The van der Waals surface area contributed by atoms with Crippen LogP contribution in [0.1, 0.15) is 5.56 Å². The Kier molecular flexibility index (Phi) is 9.06. The van der Waals surface area contributed by atoms with E-state index in [2.05, 4.69) is 16.0 Å². The third-order valence-corrected chi connectivity index (χ3v) is 4.77. The van der Waals surface area contributed by atoms with E-state index >= 15 is 0 Å². The second-order valence-electron chi connectivity index (χ2n) is 7.41. The highest BCUT2D eigenvalue weighted by atomic mass is 16.5. The largest absolute Gasteiger partial charge is 0.491 e. The third kappa shape index (κ3) is 8.03. The summed E-state index contributed by atoms with van der Waals surface area (Å²) in [4.78, 5) is 12.1. The number of amides is 2. The van der Waals surface area contributed by atoms with E-state index in [1.54, 1.807) is 0 Å². The number of carbonyl (C=O) groups excluding carboxylic acids is 1. The van der Waals surface area contributed by atoms with Gasteiger partial charge in [-0.2, -0.15) is 0 Å². The zero-order valence-electron chi connectivity index (χ0n) is 17.8. The van der Waals surface area contributed by atoms with Crippen molar-refractivity contribution >= 4 is 17.4 Å². The summed E-state index contributed by atoms with van der Waals surface area (Å²) in [5, 5.41) is 28.5. The minimum atomic E-state index is -0.695. The topological polar surface area (TPSA) is 103 Å². The number of ether oxygens (including phenoxy) is 1. The first-order chi connectivity index (χ1) is 15.6. The number of para-hydroxylation sites is 2. The first-order valence-electron chi connectivity index (χ1n) is 10.5. The lowest BCUT2D eigenvalue weighted by Crippen LogP contribution is -2.41. The summed E-state index contributed by atoms with van der Waals surface area (Å²) in [6, 6.07) is 25.4. The van der Waals surface area contributed by atoms with Gasteiger partial charge in [0.2, 0.25) is 0 Å². The fourth-order valence-electron chi connectivity index (χ4n) is 3.10. The molecule has 0 aromatic heterocycles. The molecule has 168 valence electrons. The molecule has 0 heterocycles. The maximum absolute atomic E-state index is 12.1. The number of urea groups is 1. The Bertz CT molecular complexity index is 936. The van der Waals surface area contributed by atoms with Crippen molar-refractivity contribution in [3.63, 3.8) is 0 Å². The number of hydrogen-bond acceptors (Lipinski definition) is 5. The molecule has 7 nitrogen and oxygen atoms in total. The van der Waals surface area contributed by atoms with E-state index < -0.39 is 6.10 Å². The van der Waals surface area contributed by atoms with Crippen LogP contribution in [0.15, 0.2) is 84.9 Å². The van der Waals surface area contributed by atoms with E-state index in [4.69, 9.17) is 4.74 Å². The second-order valence-corrected chi connectivity index (χ2v) is 7.41. The first kappa shape index (κ1) is 23.3. The molecule has 0 spiro atoms. The van der Waals surface area contributed by atoms with E-state index in [0.717, 1.165) is 11.3 Å². The molecule has 2 unspecified atom stereocenters. The van der Waals surface area contributed by atoms with Crippen LogP contribution < -0.4 is 20.7 Å². The van der Waals surface area contributed by atoms with E-state index in [1.165, 1.54) is 0 Å². The Morgan fingerprint density at radius 1 is 0.844 bits per heavy atom. The van der Waals surface area contributed by atoms with Gasteiger partial charge in [0.15, 0.2) is 0 Å². The Morgan fingerprint density at radius 2 is 1.44 bits per heavy atom. The lowest BCUT2D eigenvalue weighted by molar-refractivity contribution is 0.0997. The quantitative estimate of drug-likeness (QED) is 0.318. The van der Waals surface area contributed by atoms with E-state index in [1.807, 2.05) is 84.9 Å². The van der Waals surface area contributed by atoms with Crippen molar-refractivity contribution in [3.8, 4) is 5.75 Å². The van der Waals surface area contributed by atoms with Crippen molar-refractivity contribution in [3.05, 3.63) is 90.5 Å². The molecule has 0 saturated carbocycles. The third-order valence-electron chi connectivity index (χ3n) is 4.77. The highest BCUT2D eigenvalue weighted by Gasteiger charge is 2.12. The number of aliphatic hydroxyl groups excluding tert-OH is 2. The molecule has 32 heavy (non-hydrogen) atoms.